The fourth-order valence-corrected chi connectivity index (χ4v) is 1.82. The molecule has 2 rings (SSSR count). The highest BCUT2D eigenvalue weighted by atomic mass is 16.5. The Morgan fingerprint density at radius 1 is 1.50 bits per heavy atom. The van der Waals surface area contributed by atoms with Crippen LogP contribution in [0.4, 0.5) is 0 Å². The summed E-state index contributed by atoms with van der Waals surface area (Å²) in [6, 6.07) is 6.10. The Hall–Kier alpha value is -1.02. The molecule has 14 heavy (non-hydrogen) atoms. The minimum Gasteiger partial charge on any atom is -0.493 e. The van der Waals surface area contributed by atoms with Crippen molar-refractivity contribution >= 4 is 0 Å². The van der Waals surface area contributed by atoms with Crippen LogP contribution in [0.5, 0.6) is 5.75 Å². The third-order valence-electron chi connectivity index (χ3n) is 2.72. The second-order valence-corrected chi connectivity index (χ2v) is 3.73. The van der Waals surface area contributed by atoms with Gasteiger partial charge in [0.2, 0.25) is 0 Å². The number of rotatable bonds is 1. The summed E-state index contributed by atoms with van der Waals surface area (Å²) < 4.78 is 5.56. The highest BCUT2D eigenvalue weighted by molar-refractivity contribution is 5.39. The third-order valence-corrected chi connectivity index (χ3v) is 2.72. The predicted octanol–water partition coefficient (Wildman–Crippen LogP) is 2.46. The molecule has 1 aromatic carbocycles. The number of aryl methyl sites for hydroxylation is 1. The molecular formula is C12H16O2. The van der Waals surface area contributed by atoms with E-state index in [4.69, 9.17) is 4.74 Å². The van der Waals surface area contributed by atoms with E-state index in [0.717, 1.165) is 37.2 Å². The lowest BCUT2D eigenvalue weighted by Gasteiger charge is -2.11. The summed E-state index contributed by atoms with van der Waals surface area (Å²) in [6.07, 6.45) is 2.39. The SMILES string of the molecule is CCc1ccc2c(c1)C(O)CCCO2. The number of fused-ring (bicyclic) bond motifs is 1. The van der Waals surface area contributed by atoms with Crippen molar-refractivity contribution in [1.29, 1.82) is 0 Å². The van der Waals surface area contributed by atoms with Crippen LogP contribution in [0.3, 0.4) is 0 Å². The van der Waals surface area contributed by atoms with Crippen molar-refractivity contribution in [3.63, 3.8) is 0 Å². The number of hydrogen-bond donors (Lipinski definition) is 1. The van der Waals surface area contributed by atoms with Gasteiger partial charge in [-0.2, -0.15) is 0 Å². The van der Waals surface area contributed by atoms with Crippen molar-refractivity contribution in [2.24, 2.45) is 0 Å². The van der Waals surface area contributed by atoms with Crippen LogP contribution in [-0.2, 0) is 6.42 Å². The summed E-state index contributed by atoms with van der Waals surface area (Å²) in [4.78, 5) is 0. The van der Waals surface area contributed by atoms with Crippen molar-refractivity contribution in [1.82, 2.24) is 0 Å². The largest absolute Gasteiger partial charge is 0.493 e. The maximum absolute atomic E-state index is 9.88. The van der Waals surface area contributed by atoms with Crippen LogP contribution in [0.2, 0.25) is 0 Å². The van der Waals surface area contributed by atoms with Crippen LogP contribution >= 0.6 is 0 Å². The van der Waals surface area contributed by atoms with Gasteiger partial charge in [0.1, 0.15) is 5.75 Å². The monoisotopic (exact) mass is 192 g/mol. The van der Waals surface area contributed by atoms with E-state index >= 15 is 0 Å². The van der Waals surface area contributed by atoms with Crippen LogP contribution in [0.25, 0.3) is 0 Å². The molecule has 2 nitrogen and oxygen atoms in total. The fraction of sp³-hybridized carbons (Fsp3) is 0.500. The Morgan fingerprint density at radius 2 is 2.36 bits per heavy atom. The van der Waals surface area contributed by atoms with Crippen LogP contribution in [0.1, 0.15) is 37.0 Å². The molecule has 1 aromatic rings. The first-order valence-electron chi connectivity index (χ1n) is 5.25. The molecule has 0 saturated carbocycles. The molecule has 0 aliphatic carbocycles. The average Bonchev–Trinajstić information content (AvgIpc) is 2.40. The second-order valence-electron chi connectivity index (χ2n) is 3.73. The summed E-state index contributed by atoms with van der Waals surface area (Å²) in [6.45, 7) is 2.83. The lowest BCUT2D eigenvalue weighted by Crippen LogP contribution is -1.97. The molecular weight excluding hydrogens is 176 g/mol. The smallest absolute Gasteiger partial charge is 0.125 e. The highest BCUT2D eigenvalue weighted by Crippen LogP contribution is 2.32. The van der Waals surface area contributed by atoms with Gasteiger partial charge in [-0.15, -0.1) is 0 Å². The Bertz CT molecular complexity index is 320. The molecule has 1 unspecified atom stereocenters. The van der Waals surface area contributed by atoms with Crippen molar-refractivity contribution in [2.45, 2.75) is 32.3 Å². The van der Waals surface area contributed by atoms with E-state index in [1.807, 2.05) is 6.07 Å². The van der Waals surface area contributed by atoms with Crippen LogP contribution in [-0.4, -0.2) is 11.7 Å². The Morgan fingerprint density at radius 3 is 3.14 bits per heavy atom. The molecule has 0 saturated heterocycles. The number of ether oxygens (including phenoxy) is 1. The van der Waals surface area contributed by atoms with Crippen molar-refractivity contribution in [3.8, 4) is 5.75 Å². The normalized spacial score (nSPS) is 20.9. The lowest BCUT2D eigenvalue weighted by atomic mass is 10.0. The molecule has 1 N–H and O–H groups in total. The van der Waals surface area contributed by atoms with Crippen molar-refractivity contribution in [3.05, 3.63) is 29.3 Å². The highest BCUT2D eigenvalue weighted by Gasteiger charge is 2.17. The van der Waals surface area contributed by atoms with E-state index in [9.17, 15) is 5.11 Å². The number of benzene rings is 1. The zero-order chi connectivity index (χ0) is 9.97. The standard InChI is InChI=1S/C12H16O2/c1-2-9-5-6-12-10(8-9)11(13)4-3-7-14-12/h5-6,8,11,13H,2-4,7H2,1H3. The number of hydrogen-bond acceptors (Lipinski definition) is 2. The van der Waals surface area contributed by atoms with Gasteiger partial charge in [-0.1, -0.05) is 13.0 Å². The molecule has 76 valence electrons. The van der Waals surface area contributed by atoms with Crippen LogP contribution < -0.4 is 4.74 Å². The number of aliphatic hydroxyl groups is 1. The Labute approximate surface area is 84.5 Å². The van der Waals surface area contributed by atoms with Gasteiger partial charge in [0, 0.05) is 5.56 Å². The van der Waals surface area contributed by atoms with Crippen molar-refractivity contribution < 1.29 is 9.84 Å². The van der Waals surface area contributed by atoms with Gasteiger partial charge in [-0.25, -0.2) is 0 Å². The summed E-state index contributed by atoms with van der Waals surface area (Å²) in [5, 5.41) is 9.88. The van der Waals surface area contributed by atoms with E-state index in [1.54, 1.807) is 0 Å². The van der Waals surface area contributed by atoms with E-state index in [-0.39, 0.29) is 6.10 Å². The average molecular weight is 192 g/mol. The first kappa shape index (κ1) is 9.53. The fourth-order valence-electron chi connectivity index (χ4n) is 1.82. The predicted molar refractivity (Wildman–Crippen MR) is 55.5 cm³/mol. The second kappa shape index (κ2) is 4.01. The molecule has 0 fully saturated rings. The lowest BCUT2D eigenvalue weighted by molar-refractivity contribution is 0.167. The number of aliphatic hydroxyl groups excluding tert-OH is 1. The van der Waals surface area contributed by atoms with Crippen LogP contribution in [0.15, 0.2) is 18.2 Å². The zero-order valence-corrected chi connectivity index (χ0v) is 8.49. The van der Waals surface area contributed by atoms with E-state index < -0.39 is 0 Å². The quantitative estimate of drug-likeness (QED) is 0.740. The Balaban J connectivity index is 2.39. The van der Waals surface area contributed by atoms with Gasteiger partial charge < -0.3 is 9.84 Å². The first-order chi connectivity index (χ1) is 6.81. The van der Waals surface area contributed by atoms with E-state index in [0.29, 0.717) is 0 Å². The van der Waals surface area contributed by atoms with E-state index in [1.165, 1.54) is 5.56 Å². The molecule has 1 aliphatic rings. The minimum atomic E-state index is -0.348. The molecule has 0 aromatic heterocycles. The summed E-state index contributed by atoms with van der Waals surface area (Å²) in [7, 11) is 0. The molecule has 0 amide bonds. The molecule has 1 atom stereocenters. The van der Waals surface area contributed by atoms with Gasteiger partial charge in [0.15, 0.2) is 0 Å². The minimum absolute atomic E-state index is 0.348. The zero-order valence-electron chi connectivity index (χ0n) is 8.49. The van der Waals surface area contributed by atoms with Crippen LogP contribution in [0, 0.1) is 0 Å². The maximum atomic E-state index is 9.88. The van der Waals surface area contributed by atoms with E-state index in [2.05, 4.69) is 19.1 Å². The molecule has 0 bridgehead atoms. The van der Waals surface area contributed by atoms with Gasteiger partial charge in [0.05, 0.1) is 12.7 Å². The maximum Gasteiger partial charge on any atom is 0.125 e. The summed E-state index contributed by atoms with van der Waals surface area (Å²) >= 11 is 0. The molecule has 1 heterocycles. The van der Waals surface area contributed by atoms with Gasteiger partial charge in [-0.05, 0) is 37.0 Å². The van der Waals surface area contributed by atoms with Gasteiger partial charge in [-0.3, -0.25) is 0 Å². The van der Waals surface area contributed by atoms with Gasteiger partial charge >= 0.3 is 0 Å². The third kappa shape index (κ3) is 1.75. The summed E-state index contributed by atoms with van der Waals surface area (Å²) in [5.41, 5.74) is 2.22. The first-order valence-corrected chi connectivity index (χ1v) is 5.25. The topological polar surface area (TPSA) is 29.5 Å². The Kier molecular flexibility index (Phi) is 2.73. The molecule has 0 radical (unpaired) electrons. The molecule has 1 aliphatic heterocycles. The molecule has 2 heteroatoms. The molecule has 0 spiro atoms. The van der Waals surface area contributed by atoms with Gasteiger partial charge in [0.25, 0.3) is 0 Å². The van der Waals surface area contributed by atoms with Crippen molar-refractivity contribution in [2.75, 3.05) is 6.61 Å². The summed E-state index contributed by atoms with van der Waals surface area (Å²) in [5.74, 6) is 0.854.